The average Bonchev–Trinajstić information content (AvgIpc) is 3.12. The van der Waals surface area contributed by atoms with Crippen LogP contribution in [0.4, 0.5) is 0 Å². The second-order valence-corrected chi connectivity index (χ2v) is 9.80. The van der Waals surface area contributed by atoms with Crippen LogP contribution in [-0.4, -0.2) is 45.5 Å². The highest BCUT2D eigenvalue weighted by Crippen LogP contribution is 2.29. The minimum atomic E-state index is -0.568. The van der Waals surface area contributed by atoms with Crippen molar-refractivity contribution in [1.29, 1.82) is 0 Å². The van der Waals surface area contributed by atoms with Crippen LogP contribution in [0.1, 0.15) is 22.3 Å². The maximum atomic E-state index is 12.2. The molecular weight excluding hydrogens is 622 g/mol. The van der Waals surface area contributed by atoms with E-state index >= 15 is 0 Å². The summed E-state index contributed by atoms with van der Waals surface area (Å²) in [5, 5.41) is 0.0137. The van der Waals surface area contributed by atoms with Crippen LogP contribution < -0.4 is 28.4 Å². The molecule has 0 spiro atoms. The van der Waals surface area contributed by atoms with E-state index in [9.17, 15) is 14.5 Å². The van der Waals surface area contributed by atoms with E-state index < -0.39 is 11.9 Å². The van der Waals surface area contributed by atoms with Crippen LogP contribution in [0.3, 0.4) is 0 Å². The summed E-state index contributed by atoms with van der Waals surface area (Å²) < 4.78 is 31.6. The standard InChI is InChI=1S/C36H34NO11/c1-41-31-17-9-25(21-33(31)43-3)11-19-35(38)47-29-13-5-27(6-14-29)23-45-37(40)46-24-28-7-15-30(16-8-28)48-36(39)20-12-26-10-18-32(42-2)34(22-26)44-4/h5-22H,23-24H2,1-4H3/q+1/b19-11+,20-12+. The predicted octanol–water partition coefficient (Wildman–Crippen LogP) is 6.30. The van der Waals surface area contributed by atoms with Crippen LogP contribution >= 0.6 is 0 Å². The molecule has 0 aromatic heterocycles. The van der Waals surface area contributed by atoms with Gasteiger partial charge in [0.15, 0.2) is 36.2 Å². The van der Waals surface area contributed by atoms with Gasteiger partial charge in [-0.15, -0.1) is 0 Å². The van der Waals surface area contributed by atoms with Gasteiger partial charge in [0.1, 0.15) is 16.4 Å². The van der Waals surface area contributed by atoms with Crippen molar-refractivity contribution in [2.45, 2.75) is 13.2 Å². The Hall–Kier alpha value is -6.30. The highest BCUT2D eigenvalue weighted by atomic mass is 17.0. The molecule has 4 rings (SSSR count). The van der Waals surface area contributed by atoms with E-state index in [1.165, 1.54) is 26.4 Å². The van der Waals surface area contributed by atoms with Crippen molar-refractivity contribution in [3.05, 3.63) is 124 Å². The first-order chi connectivity index (χ1) is 23.3. The van der Waals surface area contributed by atoms with Gasteiger partial charge in [-0.1, -0.05) is 36.4 Å². The molecule has 248 valence electrons. The van der Waals surface area contributed by atoms with Crippen molar-refractivity contribution in [2.24, 2.45) is 0 Å². The second-order valence-electron chi connectivity index (χ2n) is 9.80. The third-order valence-electron chi connectivity index (χ3n) is 6.60. The summed E-state index contributed by atoms with van der Waals surface area (Å²) in [6.45, 7) is -0.161. The molecule has 0 aliphatic heterocycles. The fourth-order valence-electron chi connectivity index (χ4n) is 4.14. The molecular formula is C36H34NO11+. The van der Waals surface area contributed by atoms with E-state index in [4.69, 9.17) is 38.1 Å². The zero-order chi connectivity index (χ0) is 34.3. The topological polar surface area (TPSA) is 128 Å². The molecule has 0 saturated carbocycles. The Kier molecular flexibility index (Phi) is 12.5. The minimum Gasteiger partial charge on any atom is -0.493 e. The molecule has 0 unspecified atom stereocenters. The Morgan fingerprint density at radius 2 is 0.917 bits per heavy atom. The molecule has 0 radical (unpaired) electrons. The van der Waals surface area contributed by atoms with Crippen LogP contribution in [-0.2, 0) is 32.5 Å². The molecule has 0 amide bonds. The lowest BCUT2D eigenvalue weighted by atomic mass is 10.2. The molecule has 12 nitrogen and oxygen atoms in total. The molecule has 0 saturated heterocycles. The number of esters is 2. The summed E-state index contributed by atoms with van der Waals surface area (Å²) in [5.41, 5.74) is 2.76. The van der Waals surface area contributed by atoms with Gasteiger partial charge in [0.2, 0.25) is 0 Å². The lowest BCUT2D eigenvalue weighted by Gasteiger charge is -2.07. The van der Waals surface area contributed by atoms with Crippen molar-refractivity contribution in [1.82, 2.24) is 0 Å². The number of rotatable bonds is 16. The van der Waals surface area contributed by atoms with Crippen molar-refractivity contribution in [3.8, 4) is 34.5 Å². The lowest BCUT2D eigenvalue weighted by molar-refractivity contribution is -0.987. The lowest BCUT2D eigenvalue weighted by Crippen LogP contribution is -2.10. The number of benzene rings is 4. The summed E-state index contributed by atoms with van der Waals surface area (Å²) in [6, 6.07) is 23.4. The van der Waals surface area contributed by atoms with Gasteiger partial charge >= 0.3 is 17.0 Å². The van der Waals surface area contributed by atoms with Gasteiger partial charge in [0.05, 0.1) is 28.4 Å². The van der Waals surface area contributed by atoms with Gasteiger partial charge in [-0.25, -0.2) is 9.59 Å². The van der Waals surface area contributed by atoms with Crippen molar-refractivity contribution in [3.63, 3.8) is 0 Å². The number of ether oxygens (including phenoxy) is 6. The van der Waals surface area contributed by atoms with Crippen molar-refractivity contribution in [2.75, 3.05) is 28.4 Å². The third kappa shape index (κ3) is 10.4. The normalized spacial score (nSPS) is 10.8. The van der Waals surface area contributed by atoms with Crippen molar-refractivity contribution >= 4 is 24.1 Å². The molecule has 0 aliphatic carbocycles. The average molecular weight is 657 g/mol. The zero-order valence-corrected chi connectivity index (χ0v) is 26.7. The Morgan fingerprint density at radius 1 is 0.542 bits per heavy atom. The molecule has 0 N–H and O–H groups in total. The van der Waals surface area contributed by atoms with Gasteiger partial charge in [-0.3, -0.25) is 0 Å². The maximum absolute atomic E-state index is 12.2. The molecule has 48 heavy (non-hydrogen) atoms. The Bertz CT molecular complexity index is 1640. The van der Waals surface area contributed by atoms with E-state index in [2.05, 4.69) is 0 Å². The monoisotopic (exact) mass is 656 g/mol. The molecule has 4 aromatic rings. The van der Waals surface area contributed by atoms with Gasteiger partial charge in [-0.05, 0) is 82.9 Å². The number of hydrogen-bond donors (Lipinski definition) is 0. The number of hydrogen-bond acceptors (Lipinski definition) is 11. The fourth-order valence-corrected chi connectivity index (χ4v) is 4.14. The summed E-state index contributed by atoms with van der Waals surface area (Å²) in [6.07, 6.45) is 5.79. The molecule has 12 heteroatoms. The predicted molar refractivity (Wildman–Crippen MR) is 175 cm³/mol. The van der Waals surface area contributed by atoms with Crippen molar-refractivity contribution < 1.29 is 52.8 Å². The Labute approximate surface area is 277 Å². The van der Waals surface area contributed by atoms with Crippen LogP contribution in [0, 0.1) is 4.91 Å². The quantitative estimate of drug-likeness (QED) is 0.0583. The number of methoxy groups -OCH3 is 4. The minimum absolute atomic E-state index is 0.0137. The molecule has 0 aliphatic rings. The van der Waals surface area contributed by atoms with Gasteiger partial charge in [0, 0.05) is 12.2 Å². The van der Waals surface area contributed by atoms with Gasteiger partial charge in [-0.2, -0.15) is 9.68 Å². The highest BCUT2D eigenvalue weighted by molar-refractivity contribution is 5.89. The van der Waals surface area contributed by atoms with E-state index in [0.717, 1.165) is 11.1 Å². The van der Waals surface area contributed by atoms with E-state index in [1.807, 2.05) is 0 Å². The Morgan fingerprint density at radius 3 is 1.27 bits per heavy atom. The first-order valence-corrected chi connectivity index (χ1v) is 14.4. The van der Waals surface area contributed by atoms with Crippen LogP contribution in [0.2, 0.25) is 0 Å². The number of carbonyl (C=O) groups excluding carboxylic acids is 2. The molecule has 0 atom stereocenters. The van der Waals surface area contributed by atoms with E-state index in [0.29, 0.717) is 45.6 Å². The smallest absolute Gasteiger partial charge is 0.478 e. The van der Waals surface area contributed by atoms with Gasteiger partial charge in [0.25, 0.3) is 0 Å². The largest absolute Gasteiger partial charge is 0.493 e. The fraction of sp³-hybridized carbons (Fsp3) is 0.167. The Balaban J connectivity index is 1.17. The summed E-state index contributed by atoms with van der Waals surface area (Å²) >= 11 is 0. The van der Waals surface area contributed by atoms with Crippen LogP contribution in [0.25, 0.3) is 12.2 Å². The first kappa shape index (κ1) is 34.6. The number of nitrogens with zero attached hydrogens (tertiary/aromatic N) is 1. The molecule has 0 fully saturated rings. The summed E-state index contributed by atoms with van der Waals surface area (Å²) in [4.78, 5) is 46.7. The number of carbonyl (C=O) groups is 2. The second kappa shape index (κ2) is 17.4. The molecule has 0 heterocycles. The zero-order valence-electron chi connectivity index (χ0n) is 26.7. The van der Waals surface area contributed by atoms with Gasteiger partial charge < -0.3 is 28.4 Å². The first-order valence-electron chi connectivity index (χ1n) is 14.4. The SMILES string of the molecule is COc1ccc(/C=C/C(=O)Oc2ccc(CO[N+](=O)OCc3ccc(OC(=O)/C=C/c4ccc(OC)c(OC)c4)cc3)cc2)cc1OC. The maximum Gasteiger partial charge on any atom is 0.478 e. The van der Waals surface area contributed by atoms with Crippen LogP contribution in [0.5, 0.6) is 34.5 Å². The summed E-state index contributed by atoms with van der Waals surface area (Å²) in [5.74, 6) is 1.75. The summed E-state index contributed by atoms with van der Waals surface area (Å²) in [7, 11) is 6.15. The van der Waals surface area contributed by atoms with E-state index in [1.54, 1.807) is 111 Å². The van der Waals surface area contributed by atoms with Crippen LogP contribution in [0.15, 0.2) is 97.1 Å². The van der Waals surface area contributed by atoms with E-state index in [-0.39, 0.29) is 18.3 Å². The molecule has 0 bridgehead atoms. The third-order valence-corrected chi connectivity index (χ3v) is 6.60. The molecule has 4 aromatic carbocycles. The highest BCUT2D eigenvalue weighted by Gasteiger charge is 2.14.